The summed E-state index contributed by atoms with van der Waals surface area (Å²) in [6.45, 7) is 3.44. The Labute approximate surface area is 158 Å². The summed E-state index contributed by atoms with van der Waals surface area (Å²) >= 11 is 6.11. The molecule has 0 unspecified atom stereocenters. The number of hydrogen-bond acceptors (Lipinski definition) is 4. The fourth-order valence-corrected chi connectivity index (χ4v) is 3.64. The largest absolute Gasteiger partial charge is 0.495 e. The molecule has 6 nitrogen and oxygen atoms in total. The lowest BCUT2D eigenvalue weighted by atomic mass is 10.2. The van der Waals surface area contributed by atoms with Crippen molar-refractivity contribution >= 4 is 33.2 Å². The van der Waals surface area contributed by atoms with Crippen molar-refractivity contribution in [1.82, 2.24) is 4.72 Å². The number of ether oxygens (including phenoxy) is 1. The molecule has 2 rings (SSSR count). The van der Waals surface area contributed by atoms with E-state index in [2.05, 4.69) is 4.72 Å². The van der Waals surface area contributed by atoms with Crippen LogP contribution >= 0.6 is 11.6 Å². The highest BCUT2D eigenvalue weighted by Gasteiger charge is 2.19. The number of sulfonamides is 1. The van der Waals surface area contributed by atoms with Gasteiger partial charge in [0.15, 0.2) is 0 Å². The molecule has 0 bridgehead atoms. The van der Waals surface area contributed by atoms with Crippen LogP contribution in [0.25, 0.3) is 0 Å². The summed E-state index contributed by atoms with van der Waals surface area (Å²) in [7, 11) is -2.15. The van der Waals surface area contributed by atoms with Gasteiger partial charge in [-0.05, 0) is 30.7 Å². The van der Waals surface area contributed by atoms with Gasteiger partial charge in [0.05, 0.1) is 17.7 Å². The molecule has 2 aromatic carbocycles. The highest BCUT2D eigenvalue weighted by Crippen LogP contribution is 2.33. The van der Waals surface area contributed by atoms with Gasteiger partial charge in [-0.15, -0.1) is 0 Å². The Morgan fingerprint density at radius 1 is 1.23 bits per heavy atom. The lowest BCUT2D eigenvalue weighted by Gasteiger charge is -2.24. The average Bonchev–Trinajstić information content (AvgIpc) is 2.61. The third-order valence-electron chi connectivity index (χ3n) is 3.81. The van der Waals surface area contributed by atoms with Crippen LogP contribution in [0.15, 0.2) is 47.4 Å². The molecule has 0 saturated carbocycles. The molecule has 0 aromatic heterocycles. The molecule has 0 saturated heterocycles. The highest BCUT2D eigenvalue weighted by molar-refractivity contribution is 7.89. The SMILES string of the molecule is COc1cc(Cl)c(C)cc1N(CCNS(=O)(=O)c1ccccc1)C(C)=O. The molecule has 0 radical (unpaired) electrons. The minimum atomic E-state index is -3.63. The van der Waals surface area contributed by atoms with Crippen molar-refractivity contribution in [3.63, 3.8) is 0 Å². The van der Waals surface area contributed by atoms with Crippen molar-refractivity contribution in [2.24, 2.45) is 0 Å². The number of aryl methyl sites for hydroxylation is 1. The van der Waals surface area contributed by atoms with Crippen LogP contribution in [0.2, 0.25) is 5.02 Å². The molecule has 0 aliphatic carbocycles. The summed E-state index contributed by atoms with van der Waals surface area (Å²) in [5, 5.41) is 0.527. The van der Waals surface area contributed by atoms with E-state index in [1.165, 1.54) is 31.1 Å². The van der Waals surface area contributed by atoms with Crippen LogP contribution in [-0.2, 0) is 14.8 Å². The maximum atomic E-state index is 12.3. The van der Waals surface area contributed by atoms with Crippen molar-refractivity contribution in [3.05, 3.63) is 53.1 Å². The molecule has 1 amide bonds. The molecule has 2 aromatic rings. The van der Waals surface area contributed by atoms with E-state index in [0.29, 0.717) is 16.5 Å². The zero-order valence-corrected chi connectivity index (χ0v) is 16.4. The molecule has 1 N–H and O–H groups in total. The van der Waals surface area contributed by atoms with Crippen LogP contribution < -0.4 is 14.4 Å². The minimum absolute atomic E-state index is 0.0572. The lowest BCUT2D eigenvalue weighted by molar-refractivity contribution is -0.116. The molecule has 0 spiro atoms. The van der Waals surface area contributed by atoms with E-state index in [1.54, 1.807) is 30.3 Å². The van der Waals surface area contributed by atoms with Crippen molar-refractivity contribution in [1.29, 1.82) is 0 Å². The molecule has 0 atom stereocenters. The van der Waals surface area contributed by atoms with Crippen LogP contribution in [0.3, 0.4) is 0 Å². The predicted molar refractivity (Wildman–Crippen MR) is 102 cm³/mol. The zero-order chi connectivity index (χ0) is 19.3. The van der Waals surface area contributed by atoms with Gasteiger partial charge in [0.1, 0.15) is 5.75 Å². The van der Waals surface area contributed by atoms with Gasteiger partial charge in [-0.3, -0.25) is 4.79 Å². The predicted octanol–water partition coefficient (Wildman–Crippen LogP) is 2.99. The lowest BCUT2D eigenvalue weighted by Crippen LogP contribution is -2.37. The first-order valence-corrected chi connectivity index (χ1v) is 9.79. The minimum Gasteiger partial charge on any atom is -0.495 e. The normalized spacial score (nSPS) is 11.2. The van der Waals surface area contributed by atoms with Crippen molar-refractivity contribution in [3.8, 4) is 5.75 Å². The van der Waals surface area contributed by atoms with E-state index >= 15 is 0 Å². The second-order valence-corrected chi connectivity index (χ2v) is 7.83. The average molecular weight is 397 g/mol. The number of hydrogen-bond donors (Lipinski definition) is 1. The highest BCUT2D eigenvalue weighted by atomic mass is 35.5. The maximum absolute atomic E-state index is 12.3. The summed E-state index contributed by atoms with van der Waals surface area (Å²) in [5.41, 5.74) is 1.33. The van der Waals surface area contributed by atoms with Gasteiger partial charge in [-0.2, -0.15) is 0 Å². The Morgan fingerprint density at radius 3 is 2.46 bits per heavy atom. The monoisotopic (exact) mass is 396 g/mol. The zero-order valence-electron chi connectivity index (χ0n) is 14.8. The topological polar surface area (TPSA) is 75.7 Å². The molecular weight excluding hydrogens is 376 g/mol. The van der Waals surface area contributed by atoms with Crippen LogP contribution in [0.4, 0.5) is 5.69 Å². The van der Waals surface area contributed by atoms with Crippen molar-refractivity contribution < 1.29 is 17.9 Å². The number of halogens is 1. The molecule has 0 fully saturated rings. The number of nitrogens with one attached hydrogen (secondary N) is 1. The van der Waals surface area contributed by atoms with Crippen LogP contribution in [0, 0.1) is 6.92 Å². The maximum Gasteiger partial charge on any atom is 0.240 e. The van der Waals surface area contributed by atoms with E-state index in [4.69, 9.17) is 16.3 Å². The standard InChI is InChI=1S/C18H21ClN2O4S/c1-13-11-17(18(25-3)12-16(13)19)21(14(2)22)10-9-20-26(23,24)15-7-5-4-6-8-15/h4-8,11-12,20H,9-10H2,1-3H3. The second kappa shape index (κ2) is 8.53. The number of carbonyl (C=O) groups excluding carboxylic acids is 1. The van der Waals surface area contributed by atoms with Gasteiger partial charge in [0, 0.05) is 31.1 Å². The summed E-state index contributed by atoms with van der Waals surface area (Å²) in [6.07, 6.45) is 0. The Balaban J connectivity index is 2.18. The van der Waals surface area contributed by atoms with E-state index in [0.717, 1.165) is 5.56 Å². The first kappa shape index (κ1) is 20.2. The summed E-state index contributed by atoms with van der Waals surface area (Å²) in [5.74, 6) is 0.214. The Morgan fingerprint density at radius 2 is 1.88 bits per heavy atom. The molecule has 26 heavy (non-hydrogen) atoms. The van der Waals surface area contributed by atoms with Crippen LogP contribution in [-0.4, -0.2) is 34.5 Å². The van der Waals surface area contributed by atoms with Gasteiger partial charge < -0.3 is 9.64 Å². The Kier molecular flexibility index (Phi) is 6.63. The Hall–Kier alpha value is -2.09. The molecule has 0 heterocycles. The number of carbonyl (C=O) groups is 1. The fourth-order valence-electron chi connectivity index (χ4n) is 2.44. The molecule has 0 aliphatic heterocycles. The fraction of sp³-hybridized carbons (Fsp3) is 0.278. The molecule has 0 aliphatic rings. The summed E-state index contributed by atoms with van der Waals surface area (Å²) in [4.78, 5) is 13.7. The third kappa shape index (κ3) is 4.75. The summed E-state index contributed by atoms with van der Waals surface area (Å²) in [6, 6.07) is 11.4. The summed E-state index contributed by atoms with van der Waals surface area (Å²) < 4.78 is 32.4. The van der Waals surface area contributed by atoms with Crippen LogP contribution in [0.5, 0.6) is 5.75 Å². The quantitative estimate of drug-likeness (QED) is 0.780. The number of amides is 1. The van der Waals surface area contributed by atoms with E-state index < -0.39 is 10.0 Å². The molecule has 140 valence electrons. The van der Waals surface area contributed by atoms with Gasteiger partial charge in [0.25, 0.3) is 0 Å². The van der Waals surface area contributed by atoms with Gasteiger partial charge in [0.2, 0.25) is 15.9 Å². The van der Waals surface area contributed by atoms with Gasteiger partial charge in [-0.25, -0.2) is 13.1 Å². The first-order valence-electron chi connectivity index (χ1n) is 7.93. The van der Waals surface area contributed by atoms with E-state index in [1.807, 2.05) is 6.92 Å². The molecule has 8 heteroatoms. The number of benzene rings is 2. The number of methoxy groups -OCH3 is 1. The van der Waals surface area contributed by atoms with E-state index in [-0.39, 0.29) is 23.9 Å². The number of rotatable bonds is 7. The van der Waals surface area contributed by atoms with Gasteiger partial charge >= 0.3 is 0 Å². The number of nitrogens with zero attached hydrogens (tertiary/aromatic N) is 1. The number of anilines is 1. The van der Waals surface area contributed by atoms with Crippen molar-refractivity contribution in [2.75, 3.05) is 25.1 Å². The third-order valence-corrected chi connectivity index (χ3v) is 5.70. The smallest absolute Gasteiger partial charge is 0.240 e. The second-order valence-electron chi connectivity index (χ2n) is 5.65. The van der Waals surface area contributed by atoms with Crippen molar-refractivity contribution in [2.45, 2.75) is 18.7 Å². The van der Waals surface area contributed by atoms with Crippen LogP contribution in [0.1, 0.15) is 12.5 Å². The first-order chi connectivity index (χ1) is 12.3. The van der Waals surface area contributed by atoms with E-state index in [9.17, 15) is 13.2 Å². The Bertz CT molecular complexity index is 886. The molecular formula is C18H21ClN2O4S. The van der Waals surface area contributed by atoms with Gasteiger partial charge in [-0.1, -0.05) is 29.8 Å².